The zero-order chi connectivity index (χ0) is 9.40. The minimum atomic E-state index is -1.15. The fourth-order valence-electron chi connectivity index (χ4n) is 0.473. The van der Waals surface area contributed by atoms with Crippen LogP contribution in [0.25, 0.3) is 0 Å². The number of carboxylic acids is 1. The van der Waals surface area contributed by atoms with Crippen LogP contribution in [0.1, 0.15) is 0 Å². The molecule has 0 aliphatic carbocycles. The van der Waals surface area contributed by atoms with Crippen LogP contribution in [0.4, 0.5) is 0 Å². The SMILES string of the molecule is CNCCN=C([O-])/C=C/C(=O)O.[K+]. The van der Waals surface area contributed by atoms with Crippen molar-refractivity contribution >= 4 is 11.9 Å². The first-order valence-electron chi connectivity index (χ1n) is 3.44. The molecule has 0 heterocycles. The third kappa shape index (κ3) is 12.3. The summed E-state index contributed by atoms with van der Waals surface area (Å²) in [5, 5.41) is 21.6. The average Bonchev–Trinajstić information content (AvgIpc) is 2.01. The molecule has 0 rings (SSSR count). The first kappa shape index (κ1) is 15.7. The summed E-state index contributed by atoms with van der Waals surface area (Å²) in [6.45, 7) is 0.964. The monoisotopic (exact) mass is 210 g/mol. The number of nitrogens with zero attached hydrogens (tertiary/aromatic N) is 1. The van der Waals surface area contributed by atoms with E-state index in [0.29, 0.717) is 13.1 Å². The Labute approximate surface area is 119 Å². The standard InChI is InChI=1S/C7H12N2O3.K/c1-8-4-5-9-6(10)2-3-7(11)12;/h2-3,8H,4-5H2,1H3,(H,9,10)(H,11,12);/q;+1/p-1/b3-2+;. The van der Waals surface area contributed by atoms with Gasteiger partial charge in [-0.1, -0.05) is 0 Å². The van der Waals surface area contributed by atoms with Gasteiger partial charge in [-0.05, 0) is 19.0 Å². The average molecular weight is 210 g/mol. The summed E-state index contributed by atoms with van der Waals surface area (Å²) < 4.78 is 0. The van der Waals surface area contributed by atoms with Gasteiger partial charge in [-0.25, -0.2) is 4.79 Å². The van der Waals surface area contributed by atoms with Crippen LogP contribution in [0.2, 0.25) is 0 Å². The van der Waals surface area contributed by atoms with Gasteiger partial charge in [0.15, 0.2) is 0 Å². The minimum Gasteiger partial charge on any atom is -0.859 e. The molecule has 13 heavy (non-hydrogen) atoms. The van der Waals surface area contributed by atoms with E-state index >= 15 is 0 Å². The Morgan fingerprint density at radius 3 is 2.69 bits per heavy atom. The number of carbonyl (C=O) groups is 1. The van der Waals surface area contributed by atoms with E-state index in [4.69, 9.17) is 5.11 Å². The van der Waals surface area contributed by atoms with Crippen molar-refractivity contribution in [1.29, 1.82) is 0 Å². The van der Waals surface area contributed by atoms with Crippen LogP contribution < -0.4 is 61.8 Å². The van der Waals surface area contributed by atoms with Crippen molar-refractivity contribution < 1.29 is 66.4 Å². The fraction of sp³-hybridized carbons (Fsp3) is 0.429. The maximum absolute atomic E-state index is 10.7. The van der Waals surface area contributed by atoms with E-state index in [2.05, 4.69) is 10.3 Å². The molecule has 0 aromatic carbocycles. The van der Waals surface area contributed by atoms with Crippen molar-refractivity contribution in [3.8, 4) is 0 Å². The molecule has 0 unspecified atom stereocenters. The van der Waals surface area contributed by atoms with E-state index in [1.54, 1.807) is 7.05 Å². The van der Waals surface area contributed by atoms with Gasteiger partial charge in [-0.2, -0.15) is 0 Å². The van der Waals surface area contributed by atoms with Gasteiger partial charge in [-0.15, -0.1) is 0 Å². The normalized spacial score (nSPS) is 11.3. The molecule has 5 nitrogen and oxygen atoms in total. The molecular weight excluding hydrogens is 199 g/mol. The van der Waals surface area contributed by atoms with Gasteiger partial charge in [0, 0.05) is 12.6 Å². The van der Waals surface area contributed by atoms with E-state index < -0.39 is 11.9 Å². The summed E-state index contributed by atoms with van der Waals surface area (Å²) in [7, 11) is 1.74. The van der Waals surface area contributed by atoms with Crippen molar-refractivity contribution in [2.75, 3.05) is 20.1 Å². The Kier molecular flexibility index (Phi) is 12.5. The van der Waals surface area contributed by atoms with Crippen LogP contribution >= 0.6 is 0 Å². The summed E-state index contributed by atoms with van der Waals surface area (Å²) >= 11 is 0. The van der Waals surface area contributed by atoms with Gasteiger partial charge in [0.1, 0.15) is 0 Å². The van der Waals surface area contributed by atoms with Gasteiger partial charge in [0.2, 0.25) is 0 Å². The molecule has 68 valence electrons. The van der Waals surface area contributed by atoms with Crippen molar-refractivity contribution in [1.82, 2.24) is 5.32 Å². The number of rotatable bonds is 5. The van der Waals surface area contributed by atoms with Gasteiger partial charge < -0.3 is 15.5 Å². The van der Waals surface area contributed by atoms with Crippen molar-refractivity contribution in [2.45, 2.75) is 0 Å². The Hall–Kier alpha value is 0.276. The zero-order valence-electron chi connectivity index (χ0n) is 7.78. The minimum absolute atomic E-state index is 0. The molecule has 0 amide bonds. The molecule has 2 N–H and O–H groups in total. The number of aliphatic carboxylic acids is 1. The number of likely N-dealkylation sites (N-methyl/N-ethyl adjacent to an activating group) is 1. The maximum atomic E-state index is 10.7. The second-order valence-electron chi connectivity index (χ2n) is 2.00. The molecule has 0 fully saturated rings. The van der Waals surface area contributed by atoms with Crippen LogP contribution in [0.15, 0.2) is 17.1 Å². The molecule has 0 atom stereocenters. The summed E-state index contributed by atoms with van der Waals surface area (Å²) in [6, 6.07) is 0. The zero-order valence-corrected chi connectivity index (χ0v) is 10.9. The van der Waals surface area contributed by atoms with Crippen LogP contribution in [-0.2, 0) is 4.79 Å². The quantitative estimate of drug-likeness (QED) is 0.158. The number of carboxylic acid groups (broad SMARTS) is 1. The number of hydrogen-bond acceptors (Lipinski definition) is 4. The fourth-order valence-corrected chi connectivity index (χ4v) is 0.473. The third-order valence-electron chi connectivity index (χ3n) is 0.998. The van der Waals surface area contributed by atoms with Gasteiger partial charge in [0.05, 0.1) is 6.54 Å². The molecular formula is C7H11KN2O3. The number of hydrogen-bond donors (Lipinski definition) is 2. The van der Waals surface area contributed by atoms with E-state index in [-0.39, 0.29) is 51.4 Å². The summed E-state index contributed by atoms with van der Waals surface area (Å²) in [6.07, 6.45) is 1.70. The maximum Gasteiger partial charge on any atom is 1.00 e. The van der Waals surface area contributed by atoms with E-state index in [1.165, 1.54) is 0 Å². The smallest absolute Gasteiger partial charge is 0.859 e. The topological polar surface area (TPSA) is 84.8 Å². The van der Waals surface area contributed by atoms with Gasteiger partial charge in [0.25, 0.3) is 0 Å². The second kappa shape index (κ2) is 10.4. The number of aliphatic imine (C=N–C) groups is 1. The molecule has 6 heteroatoms. The van der Waals surface area contributed by atoms with E-state index in [0.717, 1.165) is 12.2 Å². The summed E-state index contributed by atoms with van der Waals surface area (Å²) in [5.41, 5.74) is 0. The summed E-state index contributed by atoms with van der Waals surface area (Å²) in [4.78, 5) is 13.5. The molecule has 0 spiro atoms. The molecule has 0 saturated carbocycles. The first-order chi connectivity index (χ1) is 5.66. The molecule has 0 aliphatic rings. The number of nitrogens with one attached hydrogen (secondary N) is 1. The van der Waals surface area contributed by atoms with Crippen LogP contribution in [-0.4, -0.2) is 37.1 Å². The predicted molar refractivity (Wildman–Crippen MR) is 43.0 cm³/mol. The Bertz CT molecular complexity index is 204. The van der Waals surface area contributed by atoms with Crippen molar-refractivity contribution in [2.24, 2.45) is 4.99 Å². The van der Waals surface area contributed by atoms with Crippen molar-refractivity contribution in [3.05, 3.63) is 12.2 Å². The Morgan fingerprint density at radius 2 is 2.23 bits per heavy atom. The van der Waals surface area contributed by atoms with Crippen LogP contribution in [0.3, 0.4) is 0 Å². The predicted octanol–water partition coefficient (Wildman–Crippen LogP) is -4.39. The van der Waals surface area contributed by atoms with E-state index in [9.17, 15) is 9.90 Å². The van der Waals surface area contributed by atoms with Gasteiger partial charge >= 0.3 is 57.4 Å². The largest absolute Gasteiger partial charge is 1.00 e. The molecule has 0 aromatic heterocycles. The first-order valence-corrected chi connectivity index (χ1v) is 3.44. The van der Waals surface area contributed by atoms with E-state index in [1.807, 2.05) is 0 Å². The molecule has 0 aromatic rings. The van der Waals surface area contributed by atoms with Crippen LogP contribution in [0, 0.1) is 0 Å². The Balaban J connectivity index is 0. The molecule has 0 bridgehead atoms. The molecule has 0 radical (unpaired) electrons. The Morgan fingerprint density at radius 1 is 1.62 bits per heavy atom. The van der Waals surface area contributed by atoms with Crippen molar-refractivity contribution in [3.63, 3.8) is 0 Å². The second-order valence-corrected chi connectivity index (χ2v) is 2.00. The molecule has 0 saturated heterocycles. The summed E-state index contributed by atoms with van der Waals surface area (Å²) in [5.74, 6) is -1.67. The molecule has 0 aliphatic heterocycles. The van der Waals surface area contributed by atoms with Gasteiger partial charge in [-0.3, -0.25) is 4.99 Å². The third-order valence-corrected chi connectivity index (χ3v) is 0.998. The van der Waals surface area contributed by atoms with Crippen LogP contribution in [0.5, 0.6) is 0 Å².